The SMILES string of the molecule is CN=C(NCC(c1ccc(C)o1)N1CCOCC1)N1CCC(CSc2ccccc2)C1. The molecule has 0 saturated carbocycles. The predicted octanol–water partition coefficient (Wildman–Crippen LogP) is 3.65. The molecule has 7 heteroatoms. The maximum atomic E-state index is 6.00. The highest BCUT2D eigenvalue weighted by Gasteiger charge is 2.28. The third-order valence-electron chi connectivity index (χ3n) is 6.06. The zero-order valence-electron chi connectivity index (χ0n) is 18.6. The Bertz CT molecular complexity index is 835. The lowest BCUT2D eigenvalue weighted by atomic mass is 10.1. The number of aryl methyl sites for hydroxylation is 1. The highest BCUT2D eigenvalue weighted by atomic mass is 32.2. The molecule has 168 valence electrons. The van der Waals surface area contributed by atoms with Gasteiger partial charge >= 0.3 is 0 Å². The number of nitrogens with zero attached hydrogens (tertiary/aromatic N) is 3. The topological polar surface area (TPSA) is 53.2 Å². The number of rotatable bonds is 7. The highest BCUT2D eigenvalue weighted by molar-refractivity contribution is 7.99. The van der Waals surface area contributed by atoms with Crippen LogP contribution in [0.1, 0.15) is 24.0 Å². The second kappa shape index (κ2) is 11.1. The van der Waals surface area contributed by atoms with Gasteiger partial charge in [-0.1, -0.05) is 18.2 Å². The van der Waals surface area contributed by atoms with Gasteiger partial charge in [-0.05, 0) is 43.5 Å². The summed E-state index contributed by atoms with van der Waals surface area (Å²) in [6.07, 6.45) is 1.21. The molecule has 1 N–H and O–H groups in total. The quantitative estimate of drug-likeness (QED) is 0.401. The summed E-state index contributed by atoms with van der Waals surface area (Å²) < 4.78 is 11.6. The van der Waals surface area contributed by atoms with Crippen molar-refractivity contribution in [2.45, 2.75) is 24.3 Å². The summed E-state index contributed by atoms with van der Waals surface area (Å²) in [7, 11) is 1.88. The maximum Gasteiger partial charge on any atom is 0.193 e. The van der Waals surface area contributed by atoms with Crippen molar-refractivity contribution in [1.29, 1.82) is 0 Å². The number of likely N-dealkylation sites (tertiary alicyclic amines) is 1. The first-order valence-corrected chi connectivity index (χ1v) is 12.2. The Morgan fingerprint density at radius 2 is 1.97 bits per heavy atom. The monoisotopic (exact) mass is 442 g/mol. The summed E-state index contributed by atoms with van der Waals surface area (Å²) in [6, 6.07) is 15.0. The minimum atomic E-state index is 0.182. The molecule has 2 aliphatic heterocycles. The van der Waals surface area contributed by atoms with Crippen LogP contribution in [0.25, 0.3) is 0 Å². The fourth-order valence-corrected chi connectivity index (χ4v) is 5.39. The standard InChI is InChI=1S/C24H34N4O2S/c1-19-8-9-23(30-19)22(27-12-14-29-15-13-27)16-26-24(25-2)28-11-10-20(17-28)18-31-21-6-4-3-5-7-21/h3-9,20,22H,10-18H2,1-2H3,(H,25,26). The second-order valence-corrected chi connectivity index (χ2v) is 9.36. The molecular weight excluding hydrogens is 408 g/mol. The minimum Gasteiger partial charge on any atom is -0.465 e. The summed E-state index contributed by atoms with van der Waals surface area (Å²) in [5.74, 6) is 4.80. The van der Waals surface area contributed by atoms with Gasteiger partial charge in [0, 0.05) is 50.4 Å². The van der Waals surface area contributed by atoms with E-state index >= 15 is 0 Å². The molecule has 2 aliphatic rings. The van der Waals surface area contributed by atoms with Crippen LogP contribution in [0.4, 0.5) is 0 Å². The number of thioether (sulfide) groups is 1. The summed E-state index contributed by atoms with van der Waals surface area (Å²) >= 11 is 1.96. The van der Waals surface area contributed by atoms with Crippen molar-refractivity contribution in [1.82, 2.24) is 15.1 Å². The van der Waals surface area contributed by atoms with Gasteiger partial charge in [0.1, 0.15) is 11.5 Å². The number of ether oxygens (including phenoxy) is 1. The first kappa shape index (κ1) is 22.2. The predicted molar refractivity (Wildman–Crippen MR) is 127 cm³/mol. The van der Waals surface area contributed by atoms with Crippen LogP contribution in [0.3, 0.4) is 0 Å². The van der Waals surface area contributed by atoms with Crippen LogP contribution in [-0.2, 0) is 4.74 Å². The van der Waals surface area contributed by atoms with Gasteiger partial charge in [0.2, 0.25) is 0 Å². The lowest BCUT2D eigenvalue weighted by Gasteiger charge is -2.34. The van der Waals surface area contributed by atoms with E-state index < -0.39 is 0 Å². The number of guanidine groups is 1. The van der Waals surface area contributed by atoms with Gasteiger partial charge in [-0.2, -0.15) is 0 Å². The molecule has 0 spiro atoms. The van der Waals surface area contributed by atoms with E-state index in [9.17, 15) is 0 Å². The summed E-state index contributed by atoms with van der Waals surface area (Å²) in [5, 5.41) is 3.64. The fourth-order valence-electron chi connectivity index (χ4n) is 4.34. The molecule has 2 unspecified atom stereocenters. The van der Waals surface area contributed by atoms with Crippen molar-refractivity contribution in [2.24, 2.45) is 10.9 Å². The first-order valence-electron chi connectivity index (χ1n) is 11.2. The third-order valence-corrected chi connectivity index (χ3v) is 7.30. The van der Waals surface area contributed by atoms with Crippen molar-refractivity contribution in [3.8, 4) is 0 Å². The average molecular weight is 443 g/mol. The van der Waals surface area contributed by atoms with Crippen LogP contribution < -0.4 is 5.32 Å². The molecule has 0 radical (unpaired) electrons. The van der Waals surface area contributed by atoms with E-state index in [2.05, 4.69) is 56.5 Å². The van der Waals surface area contributed by atoms with E-state index in [1.165, 1.54) is 11.3 Å². The van der Waals surface area contributed by atoms with Crippen molar-refractivity contribution in [3.05, 3.63) is 54.0 Å². The van der Waals surface area contributed by atoms with E-state index in [1.807, 2.05) is 31.8 Å². The molecule has 4 rings (SSSR count). The number of hydrogen-bond acceptors (Lipinski definition) is 5. The fraction of sp³-hybridized carbons (Fsp3) is 0.542. The van der Waals surface area contributed by atoms with Crippen molar-refractivity contribution < 1.29 is 9.15 Å². The highest BCUT2D eigenvalue weighted by Crippen LogP contribution is 2.27. The molecule has 3 heterocycles. The molecule has 2 atom stereocenters. The molecule has 6 nitrogen and oxygen atoms in total. The largest absolute Gasteiger partial charge is 0.465 e. The van der Waals surface area contributed by atoms with Gasteiger partial charge in [0.05, 0.1) is 19.3 Å². The number of hydrogen-bond donors (Lipinski definition) is 1. The molecule has 0 amide bonds. The molecular formula is C24H34N4O2S. The number of furan rings is 1. The zero-order chi connectivity index (χ0) is 21.5. The summed E-state index contributed by atoms with van der Waals surface area (Å²) in [4.78, 5) is 10.8. The maximum absolute atomic E-state index is 6.00. The molecule has 1 aromatic heterocycles. The number of nitrogens with one attached hydrogen (secondary N) is 1. The van der Waals surface area contributed by atoms with E-state index in [4.69, 9.17) is 9.15 Å². The summed E-state index contributed by atoms with van der Waals surface area (Å²) in [6.45, 7) is 8.29. The smallest absolute Gasteiger partial charge is 0.193 e. The van der Waals surface area contributed by atoms with Crippen LogP contribution >= 0.6 is 11.8 Å². The van der Waals surface area contributed by atoms with Gasteiger partial charge in [-0.25, -0.2) is 0 Å². The molecule has 1 aromatic carbocycles. The van der Waals surface area contributed by atoms with E-state index in [-0.39, 0.29) is 6.04 Å². The van der Waals surface area contributed by atoms with E-state index in [1.54, 1.807) is 0 Å². The van der Waals surface area contributed by atoms with Crippen molar-refractivity contribution in [2.75, 3.05) is 58.7 Å². The lowest BCUT2D eigenvalue weighted by Crippen LogP contribution is -2.47. The molecule has 2 aromatic rings. The van der Waals surface area contributed by atoms with Crippen LogP contribution in [0, 0.1) is 12.8 Å². The Balaban J connectivity index is 1.32. The molecule has 31 heavy (non-hydrogen) atoms. The van der Waals surface area contributed by atoms with E-state index in [0.717, 1.165) is 69.2 Å². The van der Waals surface area contributed by atoms with Crippen LogP contribution in [-0.4, -0.2) is 74.5 Å². The first-order chi connectivity index (χ1) is 15.2. The van der Waals surface area contributed by atoms with Gasteiger partial charge in [0.25, 0.3) is 0 Å². The Hall–Kier alpha value is -1.96. The Morgan fingerprint density at radius 3 is 2.68 bits per heavy atom. The average Bonchev–Trinajstić information content (AvgIpc) is 3.46. The van der Waals surface area contributed by atoms with Crippen LogP contribution in [0.15, 0.2) is 56.8 Å². The molecule has 2 fully saturated rings. The Morgan fingerprint density at radius 1 is 1.16 bits per heavy atom. The Labute approximate surface area is 190 Å². The van der Waals surface area contributed by atoms with E-state index in [0.29, 0.717) is 5.92 Å². The molecule has 2 saturated heterocycles. The third kappa shape index (κ3) is 6.05. The molecule has 0 aliphatic carbocycles. The van der Waals surface area contributed by atoms with Crippen LogP contribution in [0.5, 0.6) is 0 Å². The van der Waals surface area contributed by atoms with Gasteiger partial charge in [-0.15, -0.1) is 11.8 Å². The normalized spacial score (nSPS) is 21.4. The van der Waals surface area contributed by atoms with Gasteiger partial charge < -0.3 is 19.4 Å². The van der Waals surface area contributed by atoms with Gasteiger partial charge in [0.15, 0.2) is 5.96 Å². The molecule has 0 bridgehead atoms. The minimum absolute atomic E-state index is 0.182. The zero-order valence-corrected chi connectivity index (χ0v) is 19.4. The second-order valence-electron chi connectivity index (χ2n) is 8.27. The summed E-state index contributed by atoms with van der Waals surface area (Å²) in [5.41, 5.74) is 0. The number of aliphatic imine (C=N–C) groups is 1. The number of benzene rings is 1. The van der Waals surface area contributed by atoms with Crippen molar-refractivity contribution in [3.63, 3.8) is 0 Å². The van der Waals surface area contributed by atoms with Crippen molar-refractivity contribution >= 4 is 17.7 Å². The lowest BCUT2D eigenvalue weighted by molar-refractivity contribution is 0.0123. The van der Waals surface area contributed by atoms with Crippen LogP contribution in [0.2, 0.25) is 0 Å². The number of morpholine rings is 1. The van der Waals surface area contributed by atoms with Gasteiger partial charge in [-0.3, -0.25) is 9.89 Å². The Kier molecular flexibility index (Phi) is 7.94.